The minimum atomic E-state index is -0.914. The van der Waals surface area contributed by atoms with E-state index in [1.807, 2.05) is 0 Å². The van der Waals surface area contributed by atoms with Crippen LogP contribution in [-0.4, -0.2) is 41.7 Å². The van der Waals surface area contributed by atoms with E-state index in [1.165, 1.54) is 0 Å². The first-order valence-electron chi connectivity index (χ1n) is 5.67. The molecular weight excluding hydrogens is 250 g/mol. The van der Waals surface area contributed by atoms with Crippen molar-refractivity contribution in [1.29, 1.82) is 0 Å². The minimum Gasteiger partial charge on any atom is -0.478 e. The Morgan fingerprint density at radius 1 is 1.22 bits per heavy atom. The van der Waals surface area contributed by atoms with Crippen LogP contribution < -0.4 is 0 Å². The SMILES string of the molecule is CN(C)C(=O)CCCSc1ccc(C(=O)O)cc1. The predicted octanol–water partition coefficient (Wildman–Crippen LogP) is 2.35. The third kappa shape index (κ3) is 4.79. The molecule has 4 nitrogen and oxygen atoms in total. The van der Waals surface area contributed by atoms with E-state index in [9.17, 15) is 9.59 Å². The highest BCUT2D eigenvalue weighted by atomic mass is 32.2. The molecule has 98 valence electrons. The van der Waals surface area contributed by atoms with Crippen molar-refractivity contribution in [2.75, 3.05) is 19.8 Å². The summed E-state index contributed by atoms with van der Waals surface area (Å²) in [5, 5.41) is 8.75. The Labute approximate surface area is 111 Å². The lowest BCUT2D eigenvalue weighted by Gasteiger charge is -2.09. The van der Waals surface area contributed by atoms with Gasteiger partial charge in [0.05, 0.1) is 5.56 Å². The normalized spacial score (nSPS) is 10.1. The van der Waals surface area contributed by atoms with Crippen LogP contribution in [0.3, 0.4) is 0 Å². The van der Waals surface area contributed by atoms with Crippen molar-refractivity contribution in [2.24, 2.45) is 0 Å². The van der Waals surface area contributed by atoms with Gasteiger partial charge in [-0.15, -0.1) is 11.8 Å². The van der Waals surface area contributed by atoms with E-state index >= 15 is 0 Å². The number of amides is 1. The fourth-order valence-electron chi connectivity index (χ4n) is 1.33. The number of carbonyl (C=O) groups excluding carboxylic acids is 1. The van der Waals surface area contributed by atoms with Gasteiger partial charge < -0.3 is 10.0 Å². The Kier molecular flexibility index (Phi) is 5.71. The fourth-order valence-corrected chi connectivity index (χ4v) is 2.18. The van der Waals surface area contributed by atoms with E-state index in [-0.39, 0.29) is 5.91 Å². The lowest BCUT2D eigenvalue weighted by atomic mass is 10.2. The molecule has 1 rings (SSSR count). The number of benzene rings is 1. The van der Waals surface area contributed by atoms with Crippen molar-refractivity contribution in [3.05, 3.63) is 29.8 Å². The molecule has 0 aliphatic carbocycles. The number of hydrogen-bond donors (Lipinski definition) is 1. The molecule has 1 aromatic carbocycles. The van der Waals surface area contributed by atoms with Gasteiger partial charge in [-0.25, -0.2) is 4.79 Å². The maximum absolute atomic E-state index is 11.3. The Morgan fingerprint density at radius 3 is 2.33 bits per heavy atom. The van der Waals surface area contributed by atoms with E-state index in [0.29, 0.717) is 12.0 Å². The van der Waals surface area contributed by atoms with Crippen molar-refractivity contribution in [3.8, 4) is 0 Å². The fraction of sp³-hybridized carbons (Fsp3) is 0.385. The molecule has 1 aromatic rings. The van der Waals surface area contributed by atoms with Crippen molar-refractivity contribution in [3.63, 3.8) is 0 Å². The molecule has 0 atom stereocenters. The smallest absolute Gasteiger partial charge is 0.335 e. The number of carboxylic acid groups (broad SMARTS) is 1. The van der Waals surface area contributed by atoms with E-state index in [0.717, 1.165) is 17.1 Å². The van der Waals surface area contributed by atoms with E-state index in [2.05, 4.69) is 0 Å². The maximum atomic E-state index is 11.3. The molecule has 0 radical (unpaired) electrons. The molecule has 0 saturated carbocycles. The van der Waals surface area contributed by atoms with Gasteiger partial charge in [-0.05, 0) is 36.4 Å². The number of carbonyl (C=O) groups is 2. The first kappa shape index (κ1) is 14.6. The van der Waals surface area contributed by atoms with Crippen molar-refractivity contribution < 1.29 is 14.7 Å². The number of hydrogen-bond acceptors (Lipinski definition) is 3. The molecule has 0 aliphatic rings. The van der Waals surface area contributed by atoms with Gasteiger partial charge >= 0.3 is 5.97 Å². The van der Waals surface area contributed by atoms with Crippen LogP contribution in [0.1, 0.15) is 23.2 Å². The average Bonchev–Trinajstić information content (AvgIpc) is 2.34. The van der Waals surface area contributed by atoms with Crippen LogP contribution in [0.5, 0.6) is 0 Å². The highest BCUT2D eigenvalue weighted by molar-refractivity contribution is 7.99. The minimum absolute atomic E-state index is 0.136. The molecule has 0 saturated heterocycles. The van der Waals surface area contributed by atoms with Gasteiger partial charge in [0, 0.05) is 25.4 Å². The van der Waals surface area contributed by atoms with Crippen LogP contribution in [-0.2, 0) is 4.79 Å². The summed E-state index contributed by atoms with van der Waals surface area (Å²) < 4.78 is 0. The van der Waals surface area contributed by atoms with Crippen LogP contribution in [0.4, 0.5) is 0 Å². The molecule has 0 bridgehead atoms. The average molecular weight is 267 g/mol. The van der Waals surface area contributed by atoms with Crippen LogP contribution in [0.15, 0.2) is 29.2 Å². The second-order valence-electron chi connectivity index (χ2n) is 4.07. The molecule has 0 fully saturated rings. The van der Waals surface area contributed by atoms with Crippen LogP contribution in [0.2, 0.25) is 0 Å². The summed E-state index contributed by atoms with van der Waals surface area (Å²) >= 11 is 1.63. The van der Waals surface area contributed by atoms with E-state index in [4.69, 9.17) is 5.11 Å². The monoisotopic (exact) mass is 267 g/mol. The van der Waals surface area contributed by atoms with Gasteiger partial charge in [0.1, 0.15) is 0 Å². The molecular formula is C13H17NO3S. The predicted molar refractivity (Wildman–Crippen MR) is 72.1 cm³/mol. The summed E-state index contributed by atoms with van der Waals surface area (Å²) in [6.07, 6.45) is 1.37. The number of rotatable bonds is 6. The maximum Gasteiger partial charge on any atom is 0.335 e. The summed E-state index contributed by atoms with van der Waals surface area (Å²) in [7, 11) is 3.50. The second kappa shape index (κ2) is 7.06. The molecule has 0 heterocycles. The Hall–Kier alpha value is -1.49. The van der Waals surface area contributed by atoms with Crippen LogP contribution in [0, 0.1) is 0 Å². The van der Waals surface area contributed by atoms with E-state index in [1.54, 1.807) is 55.0 Å². The van der Waals surface area contributed by atoms with Crippen molar-refractivity contribution >= 4 is 23.6 Å². The topological polar surface area (TPSA) is 57.6 Å². The zero-order valence-electron chi connectivity index (χ0n) is 10.5. The van der Waals surface area contributed by atoms with Crippen molar-refractivity contribution in [1.82, 2.24) is 4.90 Å². The number of aromatic carboxylic acids is 1. The zero-order chi connectivity index (χ0) is 13.5. The Bertz CT molecular complexity index is 415. The molecule has 1 N–H and O–H groups in total. The summed E-state index contributed by atoms with van der Waals surface area (Å²) in [6.45, 7) is 0. The molecule has 5 heteroatoms. The highest BCUT2D eigenvalue weighted by Crippen LogP contribution is 2.19. The van der Waals surface area contributed by atoms with E-state index < -0.39 is 5.97 Å². The lowest BCUT2D eigenvalue weighted by Crippen LogP contribution is -2.21. The molecule has 1 amide bonds. The first-order valence-corrected chi connectivity index (χ1v) is 6.65. The molecule has 0 unspecified atom stereocenters. The third-order valence-corrected chi connectivity index (χ3v) is 3.50. The Morgan fingerprint density at radius 2 is 1.83 bits per heavy atom. The standard InChI is InChI=1S/C13H17NO3S/c1-14(2)12(15)4-3-9-18-11-7-5-10(6-8-11)13(16)17/h5-8H,3-4,9H2,1-2H3,(H,16,17). The van der Waals surface area contributed by atoms with Crippen LogP contribution >= 0.6 is 11.8 Å². The van der Waals surface area contributed by atoms with Gasteiger partial charge in [-0.2, -0.15) is 0 Å². The van der Waals surface area contributed by atoms with Crippen LogP contribution in [0.25, 0.3) is 0 Å². The lowest BCUT2D eigenvalue weighted by molar-refractivity contribution is -0.128. The number of thioether (sulfide) groups is 1. The van der Waals surface area contributed by atoms with Gasteiger partial charge in [0.25, 0.3) is 0 Å². The quantitative estimate of drug-likeness (QED) is 0.635. The Balaban J connectivity index is 2.31. The molecule has 0 spiro atoms. The first-order chi connectivity index (χ1) is 8.50. The summed E-state index contributed by atoms with van der Waals surface area (Å²) in [5.41, 5.74) is 0.294. The van der Waals surface area contributed by atoms with Gasteiger partial charge in [0.15, 0.2) is 0 Å². The summed E-state index contributed by atoms with van der Waals surface area (Å²) in [6, 6.07) is 6.77. The molecule has 0 aliphatic heterocycles. The number of carboxylic acids is 1. The van der Waals surface area contributed by atoms with Crippen molar-refractivity contribution in [2.45, 2.75) is 17.7 Å². The zero-order valence-corrected chi connectivity index (χ0v) is 11.4. The number of nitrogens with zero attached hydrogens (tertiary/aromatic N) is 1. The highest BCUT2D eigenvalue weighted by Gasteiger charge is 2.04. The third-order valence-electron chi connectivity index (χ3n) is 2.40. The largest absolute Gasteiger partial charge is 0.478 e. The summed E-state index contributed by atoms with van der Waals surface area (Å²) in [4.78, 5) is 24.6. The molecule has 0 aromatic heterocycles. The van der Waals surface area contributed by atoms with Gasteiger partial charge in [0.2, 0.25) is 5.91 Å². The second-order valence-corrected chi connectivity index (χ2v) is 5.24. The van der Waals surface area contributed by atoms with Gasteiger partial charge in [-0.3, -0.25) is 4.79 Å². The molecule has 18 heavy (non-hydrogen) atoms. The van der Waals surface area contributed by atoms with Gasteiger partial charge in [-0.1, -0.05) is 0 Å². The summed E-state index contributed by atoms with van der Waals surface area (Å²) in [5.74, 6) is 0.0754.